The van der Waals surface area contributed by atoms with Crippen molar-refractivity contribution in [1.29, 1.82) is 0 Å². The minimum Gasteiger partial charge on any atom is -0.479 e. The first-order valence-corrected chi connectivity index (χ1v) is 9.10. The third-order valence-electron chi connectivity index (χ3n) is 5.65. The van der Waals surface area contributed by atoms with Crippen molar-refractivity contribution >= 4 is 11.7 Å². The number of carbonyl (C=O) groups is 1. The van der Waals surface area contributed by atoms with Crippen LogP contribution >= 0.6 is 0 Å². The highest BCUT2D eigenvalue weighted by Gasteiger charge is 2.51. The average molecular weight is 401 g/mol. The van der Waals surface area contributed by atoms with E-state index in [2.05, 4.69) is 5.16 Å². The fourth-order valence-electron chi connectivity index (χ4n) is 4.13. The molecule has 1 aromatic carbocycles. The molecule has 2 saturated carbocycles. The molecule has 2 aliphatic rings. The van der Waals surface area contributed by atoms with Gasteiger partial charge in [-0.05, 0) is 55.2 Å². The van der Waals surface area contributed by atoms with Gasteiger partial charge in [-0.1, -0.05) is 17.3 Å². The molecular formula is C19H22F3NO5. The largest absolute Gasteiger partial charge is 0.479 e. The summed E-state index contributed by atoms with van der Waals surface area (Å²) in [5.41, 5.74) is 0.131. The van der Waals surface area contributed by atoms with Crippen molar-refractivity contribution in [2.45, 2.75) is 44.1 Å². The van der Waals surface area contributed by atoms with Crippen LogP contribution in [0, 0.1) is 17.8 Å². The van der Waals surface area contributed by atoms with E-state index in [1.807, 2.05) is 0 Å². The number of aliphatic hydroxyl groups excluding tert-OH is 2. The number of oxime groups is 1. The number of aliphatic carboxylic acids is 1. The normalized spacial score (nSPS) is 29.2. The lowest BCUT2D eigenvalue weighted by Gasteiger charge is -2.33. The van der Waals surface area contributed by atoms with E-state index < -0.39 is 36.5 Å². The molecule has 3 N–H and O–H groups in total. The summed E-state index contributed by atoms with van der Waals surface area (Å²) >= 11 is 0. The Balaban J connectivity index is 1.53. The van der Waals surface area contributed by atoms with Crippen molar-refractivity contribution in [3.05, 3.63) is 35.4 Å². The Hall–Kier alpha value is -2.13. The van der Waals surface area contributed by atoms with Crippen LogP contribution in [-0.4, -0.2) is 39.7 Å². The number of hydrogen-bond acceptors (Lipinski definition) is 5. The van der Waals surface area contributed by atoms with Gasteiger partial charge in [0.05, 0.1) is 23.5 Å². The summed E-state index contributed by atoms with van der Waals surface area (Å²) < 4.78 is 38.4. The predicted molar refractivity (Wildman–Crippen MR) is 92.4 cm³/mol. The smallest absolute Gasteiger partial charge is 0.416 e. The summed E-state index contributed by atoms with van der Waals surface area (Å²) in [5, 5.41) is 33.1. The number of aliphatic hydroxyl groups is 2. The SMILES string of the molecule is O=C(O)CON=C1CC2C1CC(CCC(O)c1cccc(C(F)(F)F)c1)C2O. The molecule has 0 spiro atoms. The lowest BCUT2D eigenvalue weighted by molar-refractivity contribution is -0.142. The summed E-state index contributed by atoms with van der Waals surface area (Å²) in [7, 11) is 0. The minimum absolute atomic E-state index is 0.0273. The number of nitrogens with zero attached hydrogens (tertiary/aromatic N) is 1. The molecule has 154 valence electrons. The first kappa shape index (κ1) is 20.6. The Kier molecular flexibility index (Phi) is 5.95. The molecule has 0 amide bonds. The molecule has 1 aromatic rings. The van der Waals surface area contributed by atoms with Crippen LogP contribution < -0.4 is 0 Å². The maximum absolute atomic E-state index is 12.8. The predicted octanol–water partition coefficient (Wildman–Crippen LogP) is 2.99. The summed E-state index contributed by atoms with van der Waals surface area (Å²) in [4.78, 5) is 15.2. The Morgan fingerprint density at radius 3 is 2.79 bits per heavy atom. The average Bonchev–Trinajstić information content (AvgIpc) is 2.86. The van der Waals surface area contributed by atoms with E-state index in [-0.39, 0.29) is 29.7 Å². The van der Waals surface area contributed by atoms with Crippen molar-refractivity contribution < 1.29 is 38.1 Å². The Labute approximate surface area is 159 Å². The standard InChI is InChI=1S/C19H22F3NO5/c20-19(21,22)12-3-1-2-10(6-12)16(24)5-4-11-7-13-14(18(11)27)8-15(13)23-28-9-17(25)26/h1-3,6,11,13-14,16,18,24,27H,4-5,7-9H2,(H,25,26). The van der Waals surface area contributed by atoms with E-state index in [4.69, 9.17) is 9.94 Å². The molecule has 2 aliphatic carbocycles. The van der Waals surface area contributed by atoms with Gasteiger partial charge in [-0.25, -0.2) is 4.79 Å². The third kappa shape index (κ3) is 4.47. The summed E-state index contributed by atoms with van der Waals surface area (Å²) in [6, 6.07) is 4.64. The van der Waals surface area contributed by atoms with Gasteiger partial charge in [0, 0.05) is 5.92 Å². The number of hydrogen-bond donors (Lipinski definition) is 3. The van der Waals surface area contributed by atoms with Crippen molar-refractivity contribution in [2.24, 2.45) is 22.9 Å². The number of fused-ring (bicyclic) bond motifs is 1. The first-order chi connectivity index (χ1) is 13.2. The zero-order valence-corrected chi connectivity index (χ0v) is 15.0. The Bertz CT molecular complexity index is 751. The number of alkyl halides is 3. The molecule has 9 heteroatoms. The molecule has 0 aliphatic heterocycles. The fraction of sp³-hybridized carbons (Fsp3) is 0.579. The number of halogens is 3. The second-order valence-electron chi connectivity index (χ2n) is 7.43. The molecule has 0 aromatic heterocycles. The fourth-order valence-corrected chi connectivity index (χ4v) is 4.13. The van der Waals surface area contributed by atoms with Gasteiger partial charge in [-0.3, -0.25) is 0 Å². The Morgan fingerprint density at radius 2 is 2.11 bits per heavy atom. The van der Waals surface area contributed by atoms with Gasteiger partial charge in [0.25, 0.3) is 0 Å². The Morgan fingerprint density at radius 1 is 1.36 bits per heavy atom. The van der Waals surface area contributed by atoms with Crippen molar-refractivity contribution in [1.82, 2.24) is 0 Å². The topological polar surface area (TPSA) is 99.4 Å². The molecule has 5 atom stereocenters. The number of carboxylic acids is 1. The molecule has 3 rings (SSSR count). The van der Waals surface area contributed by atoms with E-state index in [0.717, 1.165) is 17.8 Å². The van der Waals surface area contributed by atoms with Crippen LogP contribution in [0.5, 0.6) is 0 Å². The van der Waals surface area contributed by atoms with Crippen LogP contribution in [0.15, 0.2) is 29.4 Å². The maximum Gasteiger partial charge on any atom is 0.416 e. The quantitative estimate of drug-likeness (QED) is 0.610. The second kappa shape index (κ2) is 8.08. The van der Waals surface area contributed by atoms with Gasteiger partial charge in [0.2, 0.25) is 6.61 Å². The third-order valence-corrected chi connectivity index (χ3v) is 5.65. The summed E-state index contributed by atoms with van der Waals surface area (Å²) in [5.74, 6) is -1.15. The highest BCUT2D eigenvalue weighted by molar-refractivity contribution is 5.93. The van der Waals surface area contributed by atoms with Crippen molar-refractivity contribution in [3.8, 4) is 0 Å². The minimum atomic E-state index is -4.46. The van der Waals surface area contributed by atoms with Crippen LogP contribution in [-0.2, 0) is 15.8 Å². The van der Waals surface area contributed by atoms with E-state index in [1.54, 1.807) is 0 Å². The maximum atomic E-state index is 12.8. The molecular weight excluding hydrogens is 379 g/mol. The van der Waals surface area contributed by atoms with E-state index in [0.29, 0.717) is 19.3 Å². The van der Waals surface area contributed by atoms with Crippen LogP contribution in [0.3, 0.4) is 0 Å². The van der Waals surface area contributed by atoms with Crippen molar-refractivity contribution in [3.63, 3.8) is 0 Å². The molecule has 5 unspecified atom stereocenters. The van der Waals surface area contributed by atoms with Crippen LogP contribution in [0.25, 0.3) is 0 Å². The first-order valence-electron chi connectivity index (χ1n) is 9.10. The lowest BCUT2D eigenvalue weighted by atomic mass is 9.73. The van der Waals surface area contributed by atoms with Crippen LogP contribution in [0.1, 0.15) is 42.9 Å². The van der Waals surface area contributed by atoms with E-state index in [9.17, 15) is 28.2 Å². The highest BCUT2D eigenvalue weighted by atomic mass is 19.4. The zero-order valence-electron chi connectivity index (χ0n) is 15.0. The number of benzene rings is 1. The van der Waals surface area contributed by atoms with Crippen LogP contribution in [0.4, 0.5) is 13.2 Å². The summed E-state index contributed by atoms with van der Waals surface area (Å²) in [6.07, 6.45) is -4.19. The molecule has 28 heavy (non-hydrogen) atoms. The van der Waals surface area contributed by atoms with Gasteiger partial charge < -0.3 is 20.2 Å². The van der Waals surface area contributed by atoms with E-state index in [1.165, 1.54) is 12.1 Å². The monoisotopic (exact) mass is 401 g/mol. The molecule has 6 nitrogen and oxygen atoms in total. The number of carboxylic acid groups (broad SMARTS) is 1. The zero-order chi connectivity index (χ0) is 20.5. The molecule has 0 heterocycles. The molecule has 0 saturated heterocycles. The molecule has 2 fully saturated rings. The lowest BCUT2D eigenvalue weighted by Crippen LogP contribution is -2.38. The summed E-state index contributed by atoms with van der Waals surface area (Å²) in [6.45, 7) is -0.518. The van der Waals surface area contributed by atoms with Crippen molar-refractivity contribution in [2.75, 3.05) is 6.61 Å². The van der Waals surface area contributed by atoms with Gasteiger partial charge in [-0.2, -0.15) is 13.2 Å². The molecule has 0 radical (unpaired) electrons. The van der Waals surface area contributed by atoms with Gasteiger partial charge in [0.15, 0.2) is 0 Å². The van der Waals surface area contributed by atoms with Gasteiger partial charge in [0.1, 0.15) is 0 Å². The van der Waals surface area contributed by atoms with Gasteiger partial charge >= 0.3 is 12.1 Å². The number of rotatable bonds is 7. The molecule has 0 bridgehead atoms. The van der Waals surface area contributed by atoms with Crippen LogP contribution in [0.2, 0.25) is 0 Å². The highest BCUT2D eigenvalue weighted by Crippen LogP contribution is 2.49. The second-order valence-corrected chi connectivity index (χ2v) is 7.43. The van der Waals surface area contributed by atoms with E-state index >= 15 is 0 Å². The van der Waals surface area contributed by atoms with Gasteiger partial charge in [-0.15, -0.1) is 0 Å².